The number of amides is 1. The number of hydrogen-bond acceptors (Lipinski definition) is 6. The number of aliphatic carboxylic acids is 1. The highest BCUT2D eigenvalue weighted by Gasteiger charge is 2.19. The molecule has 0 saturated carbocycles. The molecule has 28 heavy (non-hydrogen) atoms. The van der Waals surface area contributed by atoms with E-state index in [0.29, 0.717) is 17.5 Å². The normalized spacial score (nSPS) is 10.8. The molecule has 2 aromatic heterocycles. The van der Waals surface area contributed by atoms with Crippen molar-refractivity contribution in [1.29, 1.82) is 0 Å². The Morgan fingerprint density at radius 2 is 2.11 bits per heavy atom. The van der Waals surface area contributed by atoms with Crippen molar-refractivity contribution < 1.29 is 14.7 Å². The summed E-state index contributed by atoms with van der Waals surface area (Å²) < 4.78 is 1.54. The monoisotopic (exact) mass is 416 g/mol. The van der Waals surface area contributed by atoms with Crippen molar-refractivity contribution in [1.82, 2.24) is 19.7 Å². The van der Waals surface area contributed by atoms with Crippen LogP contribution in [0.25, 0.3) is 11.4 Å². The van der Waals surface area contributed by atoms with Crippen LogP contribution in [-0.2, 0) is 22.7 Å². The average molecular weight is 417 g/mol. The van der Waals surface area contributed by atoms with Gasteiger partial charge in [-0.3, -0.25) is 14.2 Å². The van der Waals surface area contributed by atoms with Crippen LogP contribution in [0.5, 0.6) is 0 Å². The van der Waals surface area contributed by atoms with Gasteiger partial charge in [0.2, 0.25) is 5.91 Å². The number of thioether (sulfide) groups is 1. The van der Waals surface area contributed by atoms with Gasteiger partial charge in [0.25, 0.3) is 0 Å². The number of thiophene rings is 1. The molecule has 0 unspecified atom stereocenters. The van der Waals surface area contributed by atoms with Gasteiger partial charge < -0.3 is 10.0 Å². The molecule has 1 amide bonds. The fourth-order valence-electron chi connectivity index (χ4n) is 2.65. The van der Waals surface area contributed by atoms with E-state index in [0.717, 1.165) is 16.7 Å². The van der Waals surface area contributed by atoms with Gasteiger partial charge in [0.15, 0.2) is 11.0 Å². The van der Waals surface area contributed by atoms with E-state index in [1.165, 1.54) is 16.3 Å². The van der Waals surface area contributed by atoms with Crippen LogP contribution >= 0.6 is 23.1 Å². The molecule has 0 spiro atoms. The van der Waals surface area contributed by atoms with Crippen LogP contribution in [0.2, 0.25) is 0 Å². The van der Waals surface area contributed by atoms with Gasteiger partial charge in [-0.05, 0) is 35.4 Å². The zero-order valence-electron chi connectivity index (χ0n) is 15.5. The third kappa shape index (κ3) is 4.99. The Bertz CT molecular complexity index is 969. The molecule has 0 bridgehead atoms. The number of hydrogen-bond donors (Lipinski definition) is 1. The van der Waals surface area contributed by atoms with E-state index in [9.17, 15) is 14.7 Å². The van der Waals surface area contributed by atoms with E-state index in [-0.39, 0.29) is 18.2 Å². The first-order chi connectivity index (χ1) is 13.4. The Morgan fingerprint density at radius 3 is 2.79 bits per heavy atom. The summed E-state index contributed by atoms with van der Waals surface area (Å²) in [5, 5.41) is 22.0. The molecule has 1 aromatic carbocycles. The highest BCUT2D eigenvalue weighted by Crippen LogP contribution is 2.25. The summed E-state index contributed by atoms with van der Waals surface area (Å²) in [4.78, 5) is 25.4. The number of carboxylic acids is 1. The van der Waals surface area contributed by atoms with Crippen molar-refractivity contribution in [3.63, 3.8) is 0 Å². The van der Waals surface area contributed by atoms with Crippen LogP contribution in [0.3, 0.4) is 0 Å². The number of nitrogens with zero attached hydrogens (tertiary/aromatic N) is 4. The van der Waals surface area contributed by atoms with Crippen LogP contribution in [0.15, 0.2) is 46.2 Å². The average Bonchev–Trinajstić information content (AvgIpc) is 3.29. The minimum absolute atomic E-state index is 0.0572. The molecule has 1 N–H and O–H groups in total. The molecule has 2 heterocycles. The van der Waals surface area contributed by atoms with Crippen molar-refractivity contribution >= 4 is 35.0 Å². The van der Waals surface area contributed by atoms with Gasteiger partial charge in [0.1, 0.15) is 6.54 Å². The van der Waals surface area contributed by atoms with Crippen molar-refractivity contribution in [2.75, 3.05) is 12.8 Å². The number of carbonyl (C=O) groups excluding carboxylic acids is 1. The largest absolute Gasteiger partial charge is 0.480 e. The Hall–Kier alpha value is -2.65. The van der Waals surface area contributed by atoms with Crippen LogP contribution in [0, 0.1) is 6.92 Å². The van der Waals surface area contributed by atoms with E-state index < -0.39 is 5.97 Å². The summed E-state index contributed by atoms with van der Waals surface area (Å²) in [6, 6.07) is 9.62. The predicted molar refractivity (Wildman–Crippen MR) is 109 cm³/mol. The number of aryl methyl sites for hydroxylation is 1. The van der Waals surface area contributed by atoms with E-state index >= 15 is 0 Å². The van der Waals surface area contributed by atoms with Gasteiger partial charge in [-0.25, -0.2) is 0 Å². The lowest BCUT2D eigenvalue weighted by molar-refractivity contribution is -0.137. The van der Waals surface area contributed by atoms with Gasteiger partial charge in [-0.1, -0.05) is 35.5 Å². The topological polar surface area (TPSA) is 88.3 Å². The van der Waals surface area contributed by atoms with Gasteiger partial charge in [-0.15, -0.1) is 10.2 Å². The summed E-state index contributed by atoms with van der Waals surface area (Å²) in [6.45, 7) is 2.23. The zero-order valence-corrected chi connectivity index (χ0v) is 17.2. The third-order valence-corrected chi connectivity index (χ3v) is 5.72. The van der Waals surface area contributed by atoms with E-state index in [1.54, 1.807) is 23.3 Å². The number of carboxylic acid groups (broad SMARTS) is 1. The summed E-state index contributed by atoms with van der Waals surface area (Å²) in [7, 11) is 1.75. The van der Waals surface area contributed by atoms with Crippen molar-refractivity contribution in [3.8, 4) is 11.4 Å². The number of benzene rings is 1. The summed E-state index contributed by atoms with van der Waals surface area (Å²) in [5.74, 6) is -0.408. The smallest absolute Gasteiger partial charge is 0.323 e. The Kier molecular flexibility index (Phi) is 6.48. The summed E-state index contributed by atoms with van der Waals surface area (Å²) in [5.41, 5.74) is 2.92. The third-order valence-electron chi connectivity index (χ3n) is 4.04. The molecule has 0 atom stereocenters. The number of rotatable bonds is 8. The molecule has 7 nitrogen and oxygen atoms in total. The maximum absolute atomic E-state index is 12.4. The van der Waals surface area contributed by atoms with Crippen molar-refractivity contribution in [2.45, 2.75) is 25.2 Å². The maximum Gasteiger partial charge on any atom is 0.323 e. The fourth-order valence-corrected chi connectivity index (χ4v) is 4.19. The molecule has 3 rings (SSSR count). The van der Waals surface area contributed by atoms with Crippen LogP contribution in [0.1, 0.15) is 11.1 Å². The van der Waals surface area contributed by atoms with Crippen molar-refractivity contribution in [2.24, 2.45) is 0 Å². The molecule has 146 valence electrons. The van der Waals surface area contributed by atoms with Crippen LogP contribution in [0.4, 0.5) is 0 Å². The molecule has 9 heteroatoms. The molecule has 0 aliphatic heterocycles. The molecular formula is C19H20N4O3S2. The number of carbonyl (C=O) groups is 2. The van der Waals surface area contributed by atoms with E-state index in [1.807, 2.05) is 48.0 Å². The second kappa shape index (κ2) is 9.03. The SMILES string of the molecule is Cc1cccc(-c2nnc(SCC(=O)N(C)Cc3ccsc3)n2CC(=O)O)c1. The highest BCUT2D eigenvalue weighted by molar-refractivity contribution is 7.99. The van der Waals surface area contributed by atoms with E-state index in [4.69, 9.17) is 0 Å². The first-order valence-corrected chi connectivity index (χ1v) is 10.5. The minimum Gasteiger partial charge on any atom is -0.480 e. The van der Waals surface area contributed by atoms with Crippen LogP contribution < -0.4 is 0 Å². The number of aromatic nitrogens is 3. The second-order valence-corrected chi connectivity index (χ2v) is 8.05. The molecule has 0 radical (unpaired) electrons. The quantitative estimate of drug-likeness (QED) is 0.568. The zero-order chi connectivity index (χ0) is 20.1. The molecule has 3 aromatic rings. The molecule has 0 aliphatic carbocycles. The predicted octanol–water partition coefficient (Wildman–Crippen LogP) is 3.15. The molecule has 0 fully saturated rings. The van der Waals surface area contributed by atoms with Gasteiger partial charge in [-0.2, -0.15) is 11.3 Å². The lowest BCUT2D eigenvalue weighted by Gasteiger charge is -2.16. The highest BCUT2D eigenvalue weighted by atomic mass is 32.2. The summed E-state index contributed by atoms with van der Waals surface area (Å²) >= 11 is 2.79. The van der Waals surface area contributed by atoms with E-state index in [2.05, 4.69) is 10.2 Å². The van der Waals surface area contributed by atoms with Gasteiger partial charge in [0.05, 0.1) is 5.75 Å². The fraction of sp³-hybridized carbons (Fsp3) is 0.263. The lowest BCUT2D eigenvalue weighted by atomic mass is 10.1. The Balaban J connectivity index is 1.74. The second-order valence-electron chi connectivity index (χ2n) is 6.33. The minimum atomic E-state index is -0.989. The standard InChI is InChI=1S/C19H20N4O3S2/c1-13-4-3-5-15(8-13)18-20-21-19(23(18)10-17(25)26)28-12-16(24)22(2)9-14-6-7-27-11-14/h3-8,11H,9-10,12H2,1-2H3,(H,25,26). The van der Waals surface area contributed by atoms with Crippen LogP contribution in [-0.4, -0.2) is 49.4 Å². The Labute approximate surface area is 171 Å². The molecular weight excluding hydrogens is 396 g/mol. The Morgan fingerprint density at radius 1 is 1.29 bits per heavy atom. The first kappa shape index (κ1) is 20.1. The summed E-state index contributed by atoms with van der Waals surface area (Å²) in [6.07, 6.45) is 0. The van der Waals surface area contributed by atoms with Gasteiger partial charge in [0, 0.05) is 19.2 Å². The first-order valence-electron chi connectivity index (χ1n) is 8.54. The van der Waals surface area contributed by atoms with Gasteiger partial charge >= 0.3 is 5.97 Å². The molecule has 0 aliphatic rings. The lowest BCUT2D eigenvalue weighted by Crippen LogP contribution is -2.27. The molecule has 0 saturated heterocycles. The van der Waals surface area contributed by atoms with Crippen molar-refractivity contribution in [3.05, 3.63) is 52.2 Å². The maximum atomic E-state index is 12.4.